The lowest BCUT2D eigenvalue weighted by Crippen LogP contribution is -2.54. The van der Waals surface area contributed by atoms with Gasteiger partial charge in [0.15, 0.2) is 0 Å². The van der Waals surface area contributed by atoms with Gasteiger partial charge in [0.05, 0.1) is 18.8 Å². The van der Waals surface area contributed by atoms with Gasteiger partial charge in [0.2, 0.25) is 0 Å². The Hall–Kier alpha value is -1.37. The van der Waals surface area contributed by atoms with Gasteiger partial charge in [-0.3, -0.25) is 4.90 Å². The molecule has 1 unspecified atom stereocenters. The van der Waals surface area contributed by atoms with Crippen molar-refractivity contribution in [1.29, 1.82) is 0 Å². The van der Waals surface area contributed by atoms with E-state index in [1.54, 1.807) is 0 Å². The maximum atomic E-state index is 12.3. The van der Waals surface area contributed by atoms with Gasteiger partial charge in [-0.25, -0.2) is 4.79 Å². The maximum Gasteiger partial charge on any atom is 0.337 e. The first kappa shape index (κ1) is 22.3. The molecule has 3 aliphatic heterocycles. The third-order valence-corrected chi connectivity index (χ3v) is 6.25. The van der Waals surface area contributed by atoms with Crippen molar-refractivity contribution in [3.8, 4) is 0 Å². The van der Waals surface area contributed by atoms with Crippen molar-refractivity contribution < 1.29 is 19.4 Å². The van der Waals surface area contributed by atoms with Crippen LogP contribution in [0.1, 0.15) is 53.4 Å². The molecule has 2 fully saturated rings. The zero-order valence-electron chi connectivity index (χ0n) is 18.6. The van der Waals surface area contributed by atoms with Gasteiger partial charge in [0, 0.05) is 44.5 Å². The number of carbonyl (C=O) groups is 1. The zero-order valence-corrected chi connectivity index (χ0v) is 18.6. The largest absolute Gasteiger partial charge is 0.478 e. The number of aliphatic carboxylic acids is 1. The molecule has 164 valence electrons. The van der Waals surface area contributed by atoms with Crippen molar-refractivity contribution in [1.82, 2.24) is 9.80 Å². The van der Waals surface area contributed by atoms with E-state index in [9.17, 15) is 9.90 Å². The molecule has 6 heteroatoms. The minimum Gasteiger partial charge on any atom is -0.478 e. The van der Waals surface area contributed by atoms with Gasteiger partial charge < -0.3 is 19.5 Å². The van der Waals surface area contributed by atoms with E-state index in [1.807, 2.05) is 6.92 Å². The molecular weight excluding hydrogens is 368 g/mol. The lowest BCUT2D eigenvalue weighted by Gasteiger charge is -2.47. The quantitative estimate of drug-likeness (QED) is 0.728. The van der Waals surface area contributed by atoms with Crippen LogP contribution in [-0.2, 0) is 14.3 Å². The Bertz CT molecular complexity index is 638. The summed E-state index contributed by atoms with van der Waals surface area (Å²) in [4.78, 5) is 17.1. The summed E-state index contributed by atoms with van der Waals surface area (Å²) >= 11 is 0. The highest BCUT2D eigenvalue weighted by atomic mass is 16.5. The van der Waals surface area contributed by atoms with Crippen LogP contribution in [0.25, 0.3) is 0 Å². The molecule has 0 aromatic heterocycles. The second-order valence-electron chi connectivity index (χ2n) is 9.72. The second kappa shape index (κ2) is 9.63. The van der Waals surface area contributed by atoms with Crippen LogP contribution in [-0.4, -0.2) is 73.1 Å². The minimum atomic E-state index is -0.804. The summed E-state index contributed by atoms with van der Waals surface area (Å²) in [5.74, 6) is -0.557. The average molecular weight is 407 g/mol. The van der Waals surface area contributed by atoms with Gasteiger partial charge in [-0.1, -0.05) is 20.8 Å². The molecule has 0 aromatic carbocycles. The first-order chi connectivity index (χ1) is 13.8. The minimum absolute atomic E-state index is 0.111. The van der Waals surface area contributed by atoms with Gasteiger partial charge in [0.1, 0.15) is 6.17 Å². The van der Waals surface area contributed by atoms with Gasteiger partial charge in [-0.2, -0.15) is 0 Å². The van der Waals surface area contributed by atoms with E-state index in [4.69, 9.17) is 9.47 Å². The van der Waals surface area contributed by atoms with Crippen molar-refractivity contribution in [2.75, 3.05) is 46.1 Å². The molecular formula is C23H38N2O4. The highest BCUT2D eigenvalue weighted by molar-refractivity contribution is 5.93. The van der Waals surface area contributed by atoms with Crippen LogP contribution in [0, 0.1) is 11.3 Å². The van der Waals surface area contributed by atoms with Gasteiger partial charge in [-0.15, -0.1) is 0 Å². The van der Waals surface area contributed by atoms with E-state index >= 15 is 0 Å². The summed E-state index contributed by atoms with van der Waals surface area (Å²) < 4.78 is 11.2. The molecule has 0 aliphatic carbocycles. The molecule has 6 nitrogen and oxygen atoms in total. The van der Waals surface area contributed by atoms with E-state index in [0.717, 1.165) is 69.8 Å². The summed E-state index contributed by atoms with van der Waals surface area (Å²) in [5, 5.41) is 10.1. The highest BCUT2D eigenvalue weighted by Crippen LogP contribution is 2.38. The zero-order chi connectivity index (χ0) is 21.0. The SMILES string of the molecule is CC1=CC(N2CCOCC2)N(CCCC(C)(C)C)C(C2CCOCC2)=C1C(=O)O. The van der Waals surface area contributed by atoms with Crippen molar-refractivity contribution in [2.45, 2.75) is 59.5 Å². The number of rotatable bonds is 6. The Labute approximate surface area is 175 Å². The number of ether oxygens (including phenoxy) is 2. The van der Waals surface area contributed by atoms with Crippen molar-refractivity contribution >= 4 is 5.97 Å². The summed E-state index contributed by atoms with van der Waals surface area (Å²) in [5.41, 5.74) is 2.71. The molecule has 0 radical (unpaired) electrons. The Morgan fingerprint density at radius 1 is 1.14 bits per heavy atom. The number of allylic oxidation sites excluding steroid dienone is 1. The fourth-order valence-corrected chi connectivity index (χ4v) is 4.75. The third-order valence-electron chi connectivity index (χ3n) is 6.25. The van der Waals surface area contributed by atoms with E-state index in [-0.39, 0.29) is 17.5 Å². The van der Waals surface area contributed by atoms with Crippen LogP contribution in [0.4, 0.5) is 0 Å². The Balaban J connectivity index is 1.95. The molecule has 3 rings (SSSR count). The van der Waals surface area contributed by atoms with E-state index < -0.39 is 5.97 Å². The summed E-state index contributed by atoms with van der Waals surface area (Å²) in [7, 11) is 0. The van der Waals surface area contributed by atoms with E-state index in [1.165, 1.54) is 0 Å². The topological polar surface area (TPSA) is 62.2 Å². The van der Waals surface area contributed by atoms with Crippen LogP contribution >= 0.6 is 0 Å². The van der Waals surface area contributed by atoms with Gasteiger partial charge >= 0.3 is 5.97 Å². The molecule has 29 heavy (non-hydrogen) atoms. The lowest BCUT2D eigenvalue weighted by atomic mass is 9.85. The molecule has 2 saturated heterocycles. The number of nitrogens with zero attached hydrogens (tertiary/aromatic N) is 2. The lowest BCUT2D eigenvalue weighted by molar-refractivity contribution is -0.132. The molecule has 1 N–H and O–H groups in total. The predicted octanol–water partition coefficient (Wildman–Crippen LogP) is 3.50. The average Bonchev–Trinajstić information content (AvgIpc) is 2.68. The second-order valence-corrected chi connectivity index (χ2v) is 9.72. The first-order valence-electron chi connectivity index (χ1n) is 11.1. The fourth-order valence-electron chi connectivity index (χ4n) is 4.75. The number of morpholine rings is 1. The van der Waals surface area contributed by atoms with E-state index in [0.29, 0.717) is 18.8 Å². The molecule has 3 aliphatic rings. The number of carboxylic acid groups (broad SMARTS) is 1. The predicted molar refractivity (Wildman–Crippen MR) is 114 cm³/mol. The van der Waals surface area contributed by atoms with Crippen LogP contribution in [0.3, 0.4) is 0 Å². The Morgan fingerprint density at radius 2 is 1.76 bits per heavy atom. The van der Waals surface area contributed by atoms with Crippen molar-refractivity contribution in [3.05, 3.63) is 22.9 Å². The third kappa shape index (κ3) is 5.62. The van der Waals surface area contributed by atoms with Crippen LogP contribution in [0.5, 0.6) is 0 Å². The Morgan fingerprint density at radius 3 is 2.34 bits per heavy atom. The summed E-state index contributed by atoms with van der Waals surface area (Å²) in [6.45, 7) is 14.3. The smallest absolute Gasteiger partial charge is 0.337 e. The molecule has 0 saturated carbocycles. The summed E-state index contributed by atoms with van der Waals surface area (Å²) in [6, 6.07) is 0. The molecule has 0 spiro atoms. The maximum absolute atomic E-state index is 12.3. The van der Waals surface area contributed by atoms with Gasteiger partial charge in [0.25, 0.3) is 0 Å². The Kier molecular flexibility index (Phi) is 7.41. The first-order valence-corrected chi connectivity index (χ1v) is 11.1. The summed E-state index contributed by atoms with van der Waals surface area (Å²) in [6.07, 6.45) is 6.23. The molecule has 3 heterocycles. The number of hydrogen-bond donors (Lipinski definition) is 1. The molecule has 1 atom stereocenters. The van der Waals surface area contributed by atoms with Crippen LogP contribution in [0.15, 0.2) is 22.9 Å². The van der Waals surface area contributed by atoms with Crippen molar-refractivity contribution in [2.24, 2.45) is 11.3 Å². The van der Waals surface area contributed by atoms with Crippen LogP contribution in [0.2, 0.25) is 0 Å². The fraction of sp³-hybridized carbons (Fsp3) is 0.783. The monoisotopic (exact) mass is 406 g/mol. The molecule has 0 aromatic rings. The highest BCUT2D eigenvalue weighted by Gasteiger charge is 2.38. The van der Waals surface area contributed by atoms with Crippen LogP contribution < -0.4 is 0 Å². The number of hydrogen-bond acceptors (Lipinski definition) is 5. The number of carboxylic acids is 1. The standard InChI is InChI=1S/C23H38N2O4/c1-17-16-19(24-10-14-29-15-11-24)25(9-5-8-23(2,3)4)21(20(17)22(26)27)18-6-12-28-13-7-18/h16,18-19H,5-15H2,1-4H3,(H,26,27). The molecule has 0 bridgehead atoms. The normalized spacial score (nSPS) is 25.3. The van der Waals surface area contributed by atoms with E-state index in [2.05, 4.69) is 36.6 Å². The van der Waals surface area contributed by atoms with Gasteiger partial charge in [-0.05, 0) is 49.7 Å². The molecule has 0 amide bonds. The van der Waals surface area contributed by atoms with Crippen molar-refractivity contribution in [3.63, 3.8) is 0 Å².